The van der Waals surface area contributed by atoms with Gasteiger partial charge in [0.05, 0.1) is 13.2 Å². The molecule has 0 heterocycles. The first-order valence-electron chi connectivity index (χ1n) is 7.02. The van der Waals surface area contributed by atoms with Gasteiger partial charge in [-0.25, -0.2) is 0 Å². The van der Waals surface area contributed by atoms with Crippen LogP contribution >= 0.6 is 24.0 Å². The first-order chi connectivity index (χ1) is 9.72. The molecule has 3 N–H and O–H groups in total. The minimum absolute atomic E-state index is 0. The second-order valence-corrected chi connectivity index (χ2v) is 4.96. The summed E-state index contributed by atoms with van der Waals surface area (Å²) in [5, 5.41) is 3.06. The quantitative estimate of drug-likeness (QED) is 0.449. The fourth-order valence-electron chi connectivity index (χ4n) is 2.37. The fraction of sp³-hybridized carbons (Fsp3) is 0.533. The molecule has 0 aromatic heterocycles. The van der Waals surface area contributed by atoms with Crippen LogP contribution in [0.1, 0.15) is 31.2 Å². The van der Waals surface area contributed by atoms with Crippen molar-refractivity contribution in [2.45, 2.75) is 38.3 Å². The highest BCUT2D eigenvalue weighted by molar-refractivity contribution is 14.0. The number of halogens is 1. The van der Waals surface area contributed by atoms with Gasteiger partial charge >= 0.3 is 0 Å². The van der Waals surface area contributed by atoms with E-state index in [0.29, 0.717) is 18.6 Å². The zero-order chi connectivity index (χ0) is 14.4. The third kappa shape index (κ3) is 5.26. The lowest BCUT2D eigenvalue weighted by Crippen LogP contribution is -2.31. The Hall–Kier alpha value is -1.18. The van der Waals surface area contributed by atoms with E-state index in [4.69, 9.17) is 15.2 Å². The van der Waals surface area contributed by atoms with Crippen molar-refractivity contribution in [3.63, 3.8) is 0 Å². The number of guanidine groups is 1. The Bertz CT molecular complexity index is 474. The van der Waals surface area contributed by atoms with E-state index in [0.717, 1.165) is 29.9 Å². The molecule has 1 aliphatic carbocycles. The predicted octanol–water partition coefficient (Wildman–Crippen LogP) is 2.67. The van der Waals surface area contributed by atoms with Gasteiger partial charge in [0.2, 0.25) is 0 Å². The molecule has 6 heteroatoms. The van der Waals surface area contributed by atoms with Gasteiger partial charge in [0, 0.05) is 25.2 Å². The maximum Gasteiger partial charge on any atom is 0.188 e. The summed E-state index contributed by atoms with van der Waals surface area (Å²) in [5.41, 5.74) is 6.72. The SMILES string of the molecule is CN=C(N)NCc1ccc(OC)cc1OC1CCCC1.I. The molecule has 0 atom stereocenters. The van der Waals surface area contributed by atoms with Gasteiger partial charge < -0.3 is 20.5 Å². The molecule has 1 saturated carbocycles. The second-order valence-electron chi connectivity index (χ2n) is 4.96. The molecule has 5 nitrogen and oxygen atoms in total. The van der Waals surface area contributed by atoms with Crippen molar-refractivity contribution in [1.82, 2.24) is 5.32 Å². The summed E-state index contributed by atoms with van der Waals surface area (Å²) in [5.74, 6) is 2.10. The first kappa shape index (κ1) is 17.9. The minimum Gasteiger partial charge on any atom is -0.497 e. The van der Waals surface area contributed by atoms with E-state index in [9.17, 15) is 0 Å². The monoisotopic (exact) mass is 405 g/mol. The minimum atomic E-state index is 0. The molecule has 118 valence electrons. The zero-order valence-electron chi connectivity index (χ0n) is 12.6. The molecule has 0 aliphatic heterocycles. The van der Waals surface area contributed by atoms with Gasteiger partial charge in [-0.2, -0.15) is 0 Å². The molecular formula is C15H24IN3O2. The van der Waals surface area contributed by atoms with E-state index >= 15 is 0 Å². The zero-order valence-corrected chi connectivity index (χ0v) is 14.9. The number of rotatable bonds is 5. The molecule has 1 aromatic rings. The Morgan fingerprint density at radius 2 is 2.10 bits per heavy atom. The Labute approximate surface area is 143 Å². The highest BCUT2D eigenvalue weighted by atomic mass is 127. The number of aliphatic imine (C=N–C) groups is 1. The number of ether oxygens (including phenoxy) is 2. The predicted molar refractivity (Wildman–Crippen MR) is 95.7 cm³/mol. The highest BCUT2D eigenvalue weighted by Gasteiger charge is 2.18. The van der Waals surface area contributed by atoms with Crippen molar-refractivity contribution >= 4 is 29.9 Å². The van der Waals surface area contributed by atoms with E-state index in [1.165, 1.54) is 12.8 Å². The molecule has 0 saturated heterocycles. The van der Waals surface area contributed by atoms with Crippen LogP contribution < -0.4 is 20.5 Å². The van der Waals surface area contributed by atoms with E-state index in [-0.39, 0.29) is 24.0 Å². The largest absolute Gasteiger partial charge is 0.497 e. The molecule has 0 bridgehead atoms. The number of nitrogens with two attached hydrogens (primary N) is 1. The third-order valence-corrected chi connectivity index (χ3v) is 3.57. The molecule has 0 amide bonds. The Kier molecular flexibility index (Phi) is 7.63. The highest BCUT2D eigenvalue weighted by Crippen LogP contribution is 2.29. The fourth-order valence-corrected chi connectivity index (χ4v) is 2.37. The number of nitrogens with one attached hydrogen (secondary N) is 1. The Morgan fingerprint density at radius 3 is 2.71 bits per heavy atom. The molecule has 1 fully saturated rings. The van der Waals surface area contributed by atoms with Crippen LogP contribution in [0.5, 0.6) is 11.5 Å². The molecule has 0 radical (unpaired) electrons. The van der Waals surface area contributed by atoms with E-state index in [2.05, 4.69) is 10.3 Å². The average Bonchev–Trinajstić information content (AvgIpc) is 2.98. The van der Waals surface area contributed by atoms with Crippen LogP contribution in [0.25, 0.3) is 0 Å². The second kappa shape index (κ2) is 8.96. The van der Waals surface area contributed by atoms with Gasteiger partial charge in [0.15, 0.2) is 5.96 Å². The van der Waals surface area contributed by atoms with Crippen LogP contribution in [0.3, 0.4) is 0 Å². The molecule has 1 aromatic carbocycles. The topological polar surface area (TPSA) is 68.9 Å². The van der Waals surface area contributed by atoms with Crippen molar-refractivity contribution < 1.29 is 9.47 Å². The van der Waals surface area contributed by atoms with Crippen molar-refractivity contribution in [3.8, 4) is 11.5 Å². The van der Waals surface area contributed by atoms with E-state index in [1.54, 1.807) is 14.2 Å². The third-order valence-electron chi connectivity index (χ3n) is 3.57. The van der Waals surface area contributed by atoms with Gasteiger partial charge in [-0.3, -0.25) is 4.99 Å². The smallest absolute Gasteiger partial charge is 0.188 e. The summed E-state index contributed by atoms with van der Waals surface area (Å²) in [6.07, 6.45) is 5.07. The molecule has 0 unspecified atom stereocenters. The van der Waals surface area contributed by atoms with Gasteiger partial charge in [-0.15, -0.1) is 24.0 Å². The van der Waals surface area contributed by atoms with Crippen LogP contribution in [-0.2, 0) is 6.54 Å². The molecular weight excluding hydrogens is 381 g/mol. The van der Waals surface area contributed by atoms with Crippen LogP contribution in [0.4, 0.5) is 0 Å². The van der Waals surface area contributed by atoms with Crippen molar-refractivity contribution in [3.05, 3.63) is 23.8 Å². The number of methoxy groups -OCH3 is 1. The maximum absolute atomic E-state index is 6.11. The number of nitrogens with zero attached hydrogens (tertiary/aromatic N) is 1. The number of benzene rings is 1. The first-order valence-corrected chi connectivity index (χ1v) is 7.02. The Morgan fingerprint density at radius 1 is 1.38 bits per heavy atom. The lowest BCUT2D eigenvalue weighted by Gasteiger charge is -2.18. The molecule has 2 rings (SSSR count). The van der Waals surface area contributed by atoms with Crippen LogP contribution in [0.15, 0.2) is 23.2 Å². The molecule has 21 heavy (non-hydrogen) atoms. The molecule has 0 spiro atoms. The maximum atomic E-state index is 6.11. The van der Waals surface area contributed by atoms with Crippen LogP contribution in [-0.4, -0.2) is 26.2 Å². The van der Waals surface area contributed by atoms with Crippen molar-refractivity contribution in [2.24, 2.45) is 10.7 Å². The van der Waals surface area contributed by atoms with Crippen LogP contribution in [0.2, 0.25) is 0 Å². The standard InChI is InChI=1S/C15H23N3O2.HI/c1-17-15(16)18-10-11-7-8-13(19-2)9-14(11)20-12-5-3-4-6-12;/h7-9,12H,3-6,10H2,1-2H3,(H3,16,17,18);1H. The summed E-state index contributed by atoms with van der Waals surface area (Å²) in [7, 11) is 3.32. The molecule has 1 aliphatic rings. The summed E-state index contributed by atoms with van der Waals surface area (Å²) in [6.45, 7) is 0.592. The van der Waals surface area contributed by atoms with Gasteiger partial charge in [0.25, 0.3) is 0 Å². The van der Waals surface area contributed by atoms with Crippen molar-refractivity contribution in [2.75, 3.05) is 14.2 Å². The normalized spacial score (nSPS) is 15.4. The van der Waals surface area contributed by atoms with E-state index in [1.807, 2.05) is 18.2 Å². The van der Waals surface area contributed by atoms with Crippen LogP contribution in [0, 0.1) is 0 Å². The van der Waals surface area contributed by atoms with Gasteiger partial charge in [-0.1, -0.05) is 0 Å². The van der Waals surface area contributed by atoms with Crippen molar-refractivity contribution in [1.29, 1.82) is 0 Å². The average molecular weight is 405 g/mol. The van der Waals surface area contributed by atoms with E-state index < -0.39 is 0 Å². The lowest BCUT2D eigenvalue weighted by molar-refractivity contribution is 0.207. The summed E-state index contributed by atoms with van der Waals surface area (Å²) in [6, 6.07) is 5.87. The van der Waals surface area contributed by atoms with Gasteiger partial charge in [-0.05, 0) is 37.8 Å². The summed E-state index contributed by atoms with van der Waals surface area (Å²) < 4.78 is 11.4. The Balaban J connectivity index is 0.00000220. The van der Waals surface area contributed by atoms with Gasteiger partial charge in [0.1, 0.15) is 11.5 Å². The lowest BCUT2D eigenvalue weighted by atomic mass is 10.2. The summed E-state index contributed by atoms with van der Waals surface area (Å²) in [4.78, 5) is 3.89. The number of hydrogen-bond donors (Lipinski definition) is 2. The summed E-state index contributed by atoms with van der Waals surface area (Å²) >= 11 is 0. The number of hydrogen-bond acceptors (Lipinski definition) is 3.